The first-order valence-electron chi connectivity index (χ1n) is 8.41. The lowest BCUT2D eigenvalue weighted by Crippen LogP contribution is -1.98. The number of hydrogen-bond acceptors (Lipinski definition) is 3. The van der Waals surface area contributed by atoms with Crippen LogP contribution in [0.1, 0.15) is 26.3 Å². The third-order valence-corrected chi connectivity index (χ3v) is 4.37. The van der Waals surface area contributed by atoms with Crippen LogP contribution in [0.3, 0.4) is 0 Å². The van der Waals surface area contributed by atoms with Crippen LogP contribution in [-0.2, 0) is 6.42 Å². The summed E-state index contributed by atoms with van der Waals surface area (Å²) in [5.74, 6) is -2.01. The average Bonchev–Trinajstić information content (AvgIpc) is 2.68. The first-order chi connectivity index (χ1) is 13.0. The van der Waals surface area contributed by atoms with Crippen LogP contribution in [0.4, 0.5) is 0 Å². The van der Waals surface area contributed by atoms with Gasteiger partial charge < -0.3 is 15.3 Å². The van der Waals surface area contributed by atoms with Gasteiger partial charge in [-0.25, -0.2) is 9.59 Å². The Morgan fingerprint density at radius 2 is 1.19 bits per heavy atom. The Morgan fingerprint density at radius 1 is 0.667 bits per heavy atom. The van der Waals surface area contributed by atoms with Gasteiger partial charge in [0.1, 0.15) is 0 Å². The van der Waals surface area contributed by atoms with Crippen LogP contribution in [0.25, 0.3) is 22.3 Å². The smallest absolute Gasteiger partial charge is 0.335 e. The lowest BCUT2D eigenvalue weighted by atomic mass is 9.92. The molecule has 0 bridgehead atoms. The molecule has 0 unspecified atom stereocenters. The van der Waals surface area contributed by atoms with Crippen molar-refractivity contribution in [2.75, 3.05) is 6.61 Å². The Labute approximate surface area is 156 Å². The molecule has 0 aliphatic carbocycles. The van der Waals surface area contributed by atoms with Crippen LogP contribution < -0.4 is 0 Å². The van der Waals surface area contributed by atoms with Crippen LogP contribution in [0, 0.1) is 0 Å². The van der Waals surface area contributed by atoms with E-state index in [0.29, 0.717) is 6.42 Å². The van der Waals surface area contributed by atoms with Gasteiger partial charge in [0.2, 0.25) is 0 Å². The van der Waals surface area contributed by atoms with E-state index in [-0.39, 0.29) is 17.7 Å². The van der Waals surface area contributed by atoms with Crippen molar-refractivity contribution in [1.82, 2.24) is 0 Å². The predicted octanol–water partition coefficient (Wildman–Crippen LogP) is 3.95. The van der Waals surface area contributed by atoms with Crippen LogP contribution in [0.5, 0.6) is 0 Å². The molecule has 136 valence electrons. The molecule has 0 saturated carbocycles. The van der Waals surface area contributed by atoms with Crippen LogP contribution in [0.2, 0.25) is 0 Å². The highest BCUT2D eigenvalue weighted by atomic mass is 16.4. The van der Waals surface area contributed by atoms with Gasteiger partial charge >= 0.3 is 11.9 Å². The van der Waals surface area contributed by atoms with Gasteiger partial charge in [-0.2, -0.15) is 0 Å². The number of aliphatic hydroxyl groups is 1. The summed E-state index contributed by atoms with van der Waals surface area (Å²) in [6.07, 6.45) is 0.555. The number of carboxylic acid groups (broad SMARTS) is 2. The fraction of sp³-hybridized carbons (Fsp3) is 0.0909. The Balaban J connectivity index is 2.10. The fourth-order valence-electron chi connectivity index (χ4n) is 2.94. The molecule has 0 aliphatic heterocycles. The lowest BCUT2D eigenvalue weighted by molar-refractivity contribution is 0.0686. The maximum atomic E-state index is 11.4. The maximum absolute atomic E-state index is 11.4. The molecule has 0 spiro atoms. The second-order valence-corrected chi connectivity index (χ2v) is 6.12. The van der Waals surface area contributed by atoms with Crippen molar-refractivity contribution in [2.45, 2.75) is 6.42 Å². The molecule has 0 saturated heterocycles. The summed E-state index contributed by atoms with van der Waals surface area (Å²) in [4.78, 5) is 22.5. The molecule has 0 heterocycles. The van der Waals surface area contributed by atoms with E-state index < -0.39 is 11.9 Å². The number of carboxylic acids is 2. The van der Waals surface area contributed by atoms with Crippen molar-refractivity contribution in [3.63, 3.8) is 0 Å². The van der Waals surface area contributed by atoms with Gasteiger partial charge in [0.15, 0.2) is 0 Å². The molecule has 3 rings (SSSR count). The van der Waals surface area contributed by atoms with Gasteiger partial charge in [-0.15, -0.1) is 0 Å². The largest absolute Gasteiger partial charge is 0.478 e. The molecule has 5 heteroatoms. The highest BCUT2D eigenvalue weighted by Crippen LogP contribution is 2.33. The summed E-state index contributed by atoms with van der Waals surface area (Å²) in [6, 6.07) is 18.9. The van der Waals surface area contributed by atoms with E-state index in [0.717, 1.165) is 27.8 Å². The molecule has 0 aromatic heterocycles. The van der Waals surface area contributed by atoms with Gasteiger partial charge in [0, 0.05) is 6.61 Å². The van der Waals surface area contributed by atoms with E-state index in [9.17, 15) is 14.7 Å². The van der Waals surface area contributed by atoms with E-state index in [4.69, 9.17) is 10.2 Å². The Morgan fingerprint density at radius 3 is 1.74 bits per heavy atom. The first kappa shape index (κ1) is 18.4. The molecule has 3 aromatic rings. The zero-order chi connectivity index (χ0) is 19.4. The van der Waals surface area contributed by atoms with Gasteiger partial charge in [-0.3, -0.25) is 0 Å². The van der Waals surface area contributed by atoms with Crippen molar-refractivity contribution in [3.8, 4) is 22.3 Å². The van der Waals surface area contributed by atoms with E-state index >= 15 is 0 Å². The van der Waals surface area contributed by atoms with Gasteiger partial charge in [-0.05, 0) is 58.5 Å². The van der Waals surface area contributed by atoms with Crippen molar-refractivity contribution in [3.05, 3.63) is 83.4 Å². The molecule has 0 radical (unpaired) electrons. The van der Waals surface area contributed by atoms with Gasteiger partial charge in [0.25, 0.3) is 0 Å². The van der Waals surface area contributed by atoms with Crippen LogP contribution in [0.15, 0.2) is 66.7 Å². The number of benzene rings is 3. The highest BCUT2D eigenvalue weighted by molar-refractivity contribution is 5.94. The molecular weight excluding hydrogens is 344 g/mol. The van der Waals surface area contributed by atoms with E-state index in [1.54, 1.807) is 24.3 Å². The van der Waals surface area contributed by atoms with E-state index in [2.05, 4.69) is 0 Å². The number of aromatic carboxylic acids is 2. The van der Waals surface area contributed by atoms with Crippen molar-refractivity contribution in [1.29, 1.82) is 0 Å². The monoisotopic (exact) mass is 362 g/mol. The Bertz CT molecular complexity index is 973. The SMILES string of the molecule is O=C(O)c1ccc(-c2ccc(C(=O)O)cc2-c2ccc(CCO)cc2)cc1. The minimum absolute atomic E-state index is 0.0645. The minimum atomic E-state index is -1.01. The third-order valence-electron chi connectivity index (χ3n) is 4.37. The Kier molecular flexibility index (Phi) is 5.33. The third kappa shape index (κ3) is 4.04. The van der Waals surface area contributed by atoms with Gasteiger partial charge in [0.05, 0.1) is 11.1 Å². The molecule has 0 fully saturated rings. The summed E-state index contributed by atoms with van der Waals surface area (Å²) < 4.78 is 0. The molecule has 5 nitrogen and oxygen atoms in total. The number of hydrogen-bond donors (Lipinski definition) is 3. The highest BCUT2D eigenvalue weighted by Gasteiger charge is 2.13. The van der Waals surface area contributed by atoms with Crippen LogP contribution in [-0.4, -0.2) is 33.9 Å². The second-order valence-electron chi connectivity index (χ2n) is 6.12. The molecule has 0 amide bonds. The molecule has 3 N–H and O–H groups in total. The summed E-state index contributed by atoms with van der Waals surface area (Å²) in [5, 5.41) is 27.4. The quantitative estimate of drug-likeness (QED) is 0.617. The topological polar surface area (TPSA) is 94.8 Å². The summed E-state index contributed by atoms with van der Waals surface area (Å²) in [6.45, 7) is 0.0645. The number of aliphatic hydroxyl groups excluding tert-OH is 1. The van der Waals surface area contributed by atoms with E-state index in [1.807, 2.05) is 24.3 Å². The molecule has 0 atom stereocenters. The maximum Gasteiger partial charge on any atom is 0.335 e. The van der Waals surface area contributed by atoms with Crippen molar-refractivity contribution < 1.29 is 24.9 Å². The second kappa shape index (κ2) is 7.85. The van der Waals surface area contributed by atoms with Crippen molar-refractivity contribution >= 4 is 11.9 Å². The number of carbonyl (C=O) groups is 2. The average molecular weight is 362 g/mol. The molecular formula is C22H18O5. The zero-order valence-corrected chi connectivity index (χ0v) is 14.4. The van der Waals surface area contributed by atoms with Crippen LogP contribution >= 0.6 is 0 Å². The Hall–Kier alpha value is -3.44. The molecule has 3 aromatic carbocycles. The summed E-state index contributed by atoms with van der Waals surface area (Å²) >= 11 is 0. The first-order valence-corrected chi connectivity index (χ1v) is 8.41. The molecule has 0 aliphatic rings. The lowest BCUT2D eigenvalue weighted by Gasteiger charge is -2.12. The van der Waals surface area contributed by atoms with Crippen molar-refractivity contribution in [2.24, 2.45) is 0 Å². The standard InChI is InChI=1S/C22H18O5/c23-12-11-14-1-3-16(4-2-14)20-13-18(22(26)27)9-10-19(20)15-5-7-17(8-6-15)21(24)25/h1-10,13,23H,11-12H2,(H,24,25)(H,26,27). The fourth-order valence-corrected chi connectivity index (χ4v) is 2.94. The normalized spacial score (nSPS) is 10.6. The molecule has 27 heavy (non-hydrogen) atoms. The summed E-state index contributed by atoms with van der Waals surface area (Å²) in [5.41, 5.74) is 4.55. The summed E-state index contributed by atoms with van der Waals surface area (Å²) in [7, 11) is 0. The number of rotatable bonds is 6. The van der Waals surface area contributed by atoms with Gasteiger partial charge in [-0.1, -0.05) is 42.5 Å². The predicted molar refractivity (Wildman–Crippen MR) is 102 cm³/mol. The minimum Gasteiger partial charge on any atom is -0.478 e. The zero-order valence-electron chi connectivity index (χ0n) is 14.4. The van der Waals surface area contributed by atoms with E-state index in [1.165, 1.54) is 18.2 Å².